The van der Waals surface area contributed by atoms with E-state index >= 15 is 0 Å². The van der Waals surface area contributed by atoms with Crippen molar-refractivity contribution in [3.05, 3.63) is 113 Å². The molecule has 0 saturated heterocycles. The molecule has 5 rings (SSSR count). The summed E-state index contributed by atoms with van der Waals surface area (Å²) >= 11 is 0. The Balaban J connectivity index is 1.65. The molecule has 0 radical (unpaired) electrons. The Kier molecular flexibility index (Phi) is 4.09. The van der Waals surface area contributed by atoms with Gasteiger partial charge in [-0.05, 0) is 47.5 Å². The Labute approximate surface area is 166 Å². The number of aromatic amines is 1. The maximum absolute atomic E-state index is 13.6. The smallest absolute Gasteiger partial charge is 0.123 e. The third-order valence-corrected chi connectivity index (χ3v) is 5.50. The molecular weight excluding hydrogens is 368 g/mol. The minimum atomic E-state index is -0.553. The number of nitrogens with one attached hydrogen (secondary N) is 1. The highest BCUT2D eigenvalue weighted by atomic mass is 19.1. The first kappa shape index (κ1) is 17.5. The summed E-state index contributed by atoms with van der Waals surface area (Å²) in [6.07, 6.45) is 6.46. The van der Waals surface area contributed by atoms with Gasteiger partial charge < -0.3 is 0 Å². The number of aromatic nitrogens is 3. The van der Waals surface area contributed by atoms with Crippen molar-refractivity contribution in [3.63, 3.8) is 0 Å². The summed E-state index contributed by atoms with van der Waals surface area (Å²) in [5, 5.41) is 7.64. The number of H-pyrrole nitrogens is 1. The summed E-state index contributed by atoms with van der Waals surface area (Å²) in [5.41, 5.74) is 4.85. The van der Waals surface area contributed by atoms with Gasteiger partial charge in [-0.3, -0.25) is 10.1 Å². The lowest BCUT2D eigenvalue weighted by atomic mass is 9.68. The van der Waals surface area contributed by atoms with Gasteiger partial charge in [0, 0.05) is 29.3 Å². The van der Waals surface area contributed by atoms with Gasteiger partial charge in [0.1, 0.15) is 17.3 Å². The maximum Gasteiger partial charge on any atom is 0.123 e. The van der Waals surface area contributed by atoms with Crippen molar-refractivity contribution >= 4 is 6.08 Å². The number of allylic oxidation sites excluding steroid dienone is 1. The van der Waals surface area contributed by atoms with Crippen LogP contribution in [0.5, 0.6) is 0 Å². The van der Waals surface area contributed by atoms with Crippen molar-refractivity contribution in [2.75, 3.05) is 0 Å². The number of nitrogens with zero attached hydrogens (tertiary/aromatic N) is 2. The van der Waals surface area contributed by atoms with Crippen LogP contribution in [0.3, 0.4) is 0 Å². The van der Waals surface area contributed by atoms with E-state index in [1.54, 1.807) is 30.5 Å². The normalized spacial score (nSPS) is 14.6. The van der Waals surface area contributed by atoms with Gasteiger partial charge in [0.2, 0.25) is 0 Å². The number of rotatable bonds is 3. The third-order valence-electron chi connectivity index (χ3n) is 5.50. The van der Waals surface area contributed by atoms with Crippen molar-refractivity contribution < 1.29 is 8.78 Å². The third kappa shape index (κ3) is 2.95. The summed E-state index contributed by atoms with van der Waals surface area (Å²) in [7, 11) is 0. The molecule has 0 aliphatic heterocycles. The average Bonchev–Trinajstić information content (AvgIpc) is 3.18. The number of pyridine rings is 1. The van der Waals surface area contributed by atoms with Crippen LogP contribution in [-0.2, 0) is 11.8 Å². The summed E-state index contributed by atoms with van der Waals surface area (Å²) in [6.45, 7) is 0. The number of benzene rings is 2. The topological polar surface area (TPSA) is 41.6 Å². The van der Waals surface area contributed by atoms with Gasteiger partial charge in [0.05, 0.1) is 5.69 Å². The van der Waals surface area contributed by atoms with E-state index in [-0.39, 0.29) is 11.6 Å². The van der Waals surface area contributed by atoms with E-state index < -0.39 is 5.41 Å². The Morgan fingerprint density at radius 3 is 2.07 bits per heavy atom. The fraction of sp³-hybridized carbons (Fsp3) is 0.0833. The molecule has 142 valence electrons. The molecular formula is C24H17F2N3. The predicted molar refractivity (Wildman–Crippen MR) is 108 cm³/mol. The van der Waals surface area contributed by atoms with Crippen molar-refractivity contribution in [2.45, 2.75) is 11.8 Å². The molecule has 0 saturated carbocycles. The lowest BCUT2D eigenvalue weighted by Crippen LogP contribution is -2.30. The van der Waals surface area contributed by atoms with Gasteiger partial charge in [-0.1, -0.05) is 42.5 Å². The Morgan fingerprint density at radius 1 is 0.828 bits per heavy atom. The zero-order valence-corrected chi connectivity index (χ0v) is 15.4. The fourth-order valence-electron chi connectivity index (χ4n) is 4.02. The van der Waals surface area contributed by atoms with Crippen molar-refractivity contribution in [1.82, 2.24) is 15.2 Å². The largest absolute Gasteiger partial charge is 0.281 e. The first-order chi connectivity index (χ1) is 14.2. The summed E-state index contributed by atoms with van der Waals surface area (Å²) < 4.78 is 27.1. The van der Waals surface area contributed by atoms with Crippen LogP contribution in [0.25, 0.3) is 17.5 Å². The quantitative estimate of drug-likeness (QED) is 0.520. The molecule has 0 atom stereocenters. The summed E-state index contributed by atoms with van der Waals surface area (Å²) in [5.74, 6) is -0.579. The summed E-state index contributed by atoms with van der Waals surface area (Å²) in [4.78, 5) is 4.40. The van der Waals surface area contributed by atoms with Crippen LogP contribution in [0.2, 0.25) is 0 Å². The first-order valence-electron chi connectivity index (χ1n) is 9.36. The molecule has 1 aliphatic carbocycles. The van der Waals surface area contributed by atoms with E-state index in [9.17, 15) is 8.78 Å². The van der Waals surface area contributed by atoms with Gasteiger partial charge in [-0.2, -0.15) is 5.10 Å². The van der Waals surface area contributed by atoms with Crippen LogP contribution in [0, 0.1) is 11.6 Å². The van der Waals surface area contributed by atoms with Gasteiger partial charge in [0.25, 0.3) is 0 Å². The molecule has 2 aromatic carbocycles. The van der Waals surface area contributed by atoms with Crippen LogP contribution < -0.4 is 0 Å². The second-order valence-corrected chi connectivity index (χ2v) is 7.17. The van der Waals surface area contributed by atoms with Crippen molar-refractivity contribution in [1.29, 1.82) is 0 Å². The Hall–Kier alpha value is -3.60. The maximum atomic E-state index is 13.6. The predicted octanol–water partition coefficient (Wildman–Crippen LogP) is 5.31. The van der Waals surface area contributed by atoms with Crippen LogP contribution in [0.15, 0.2) is 79.0 Å². The number of fused-ring (bicyclic) bond motifs is 1. The molecule has 1 aliphatic rings. The standard InChI is InChI=1S/C24H17F2N3/c25-18-8-4-16(5-9-18)24(17-6-10-19(26)11-7-17)13-12-20-22(15-24)28-29-23(20)21-3-1-2-14-27-21/h1-14H,15H2,(H,28,29). The van der Waals surface area contributed by atoms with E-state index in [0.717, 1.165) is 33.8 Å². The van der Waals surface area contributed by atoms with Gasteiger partial charge in [-0.15, -0.1) is 0 Å². The number of hydrogen-bond acceptors (Lipinski definition) is 2. The van der Waals surface area contributed by atoms with E-state index in [1.165, 1.54) is 24.3 Å². The molecule has 4 aromatic rings. The average molecular weight is 385 g/mol. The molecule has 5 heteroatoms. The first-order valence-corrected chi connectivity index (χ1v) is 9.36. The second-order valence-electron chi connectivity index (χ2n) is 7.17. The molecule has 29 heavy (non-hydrogen) atoms. The Morgan fingerprint density at radius 2 is 1.48 bits per heavy atom. The molecule has 1 N–H and O–H groups in total. The monoisotopic (exact) mass is 385 g/mol. The van der Waals surface area contributed by atoms with Crippen molar-refractivity contribution in [2.24, 2.45) is 0 Å². The molecule has 0 spiro atoms. The van der Waals surface area contributed by atoms with Gasteiger partial charge >= 0.3 is 0 Å². The number of hydrogen-bond donors (Lipinski definition) is 1. The second kappa shape index (κ2) is 6.78. The molecule has 0 bridgehead atoms. The fourth-order valence-corrected chi connectivity index (χ4v) is 4.02. The zero-order chi connectivity index (χ0) is 19.8. The molecule has 0 unspecified atom stereocenters. The Bertz CT molecular complexity index is 1130. The number of halogens is 2. The van der Waals surface area contributed by atoms with Crippen LogP contribution in [0.1, 0.15) is 22.4 Å². The van der Waals surface area contributed by atoms with Gasteiger partial charge in [-0.25, -0.2) is 8.78 Å². The molecule has 0 amide bonds. The lowest BCUT2D eigenvalue weighted by Gasteiger charge is -2.34. The highest BCUT2D eigenvalue weighted by Crippen LogP contribution is 2.42. The highest BCUT2D eigenvalue weighted by Gasteiger charge is 2.36. The molecule has 3 nitrogen and oxygen atoms in total. The van der Waals surface area contributed by atoms with E-state index in [2.05, 4.69) is 21.3 Å². The van der Waals surface area contributed by atoms with Gasteiger partial charge in [0.15, 0.2) is 0 Å². The molecule has 2 aromatic heterocycles. The molecule has 0 fully saturated rings. The molecule has 2 heterocycles. The highest BCUT2D eigenvalue weighted by molar-refractivity contribution is 5.74. The van der Waals surface area contributed by atoms with E-state index in [0.29, 0.717) is 6.42 Å². The summed E-state index contributed by atoms with van der Waals surface area (Å²) in [6, 6.07) is 18.7. The van der Waals surface area contributed by atoms with E-state index in [1.807, 2.05) is 24.3 Å². The SMILES string of the molecule is Fc1ccc(C2(c3ccc(F)cc3)C=Cc3c(-c4ccccn4)n[nH]c3C2)cc1. The van der Waals surface area contributed by atoms with E-state index in [4.69, 9.17) is 0 Å². The van der Waals surface area contributed by atoms with Crippen molar-refractivity contribution in [3.8, 4) is 11.4 Å². The minimum absolute atomic E-state index is 0.289. The lowest BCUT2D eigenvalue weighted by molar-refractivity contribution is 0.599. The van der Waals surface area contributed by atoms with Crippen LogP contribution in [0.4, 0.5) is 8.78 Å². The zero-order valence-electron chi connectivity index (χ0n) is 15.4. The van der Waals surface area contributed by atoms with Crippen LogP contribution in [-0.4, -0.2) is 15.2 Å². The minimum Gasteiger partial charge on any atom is -0.281 e. The van der Waals surface area contributed by atoms with Crippen LogP contribution >= 0.6 is 0 Å².